The molecule has 202 valence electrons. The molecule has 6 heteroatoms. The highest BCUT2D eigenvalue weighted by Crippen LogP contribution is 2.33. The van der Waals surface area contributed by atoms with E-state index in [1.807, 2.05) is 13.0 Å². The molecule has 4 nitrogen and oxygen atoms in total. The van der Waals surface area contributed by atoms with E-state index in [0.717, 1.165) is 63.2 Å². The van der Waals surface area contributed by atoms with Crippen LogP contribution in [0.2, 0.25) is 0 Å². The Labute approximate surface area is 217 Å². The zero-order chi connectivity index (χ0) is 26.7. The van der Waals surface area contributed by atoms with Gasteiger partial charge in [-0.25, -0.2) is 0 Å². The van der Waals surface area contributed by atoms with E-state index in [0.29, 0.717) is 28.6 Å². The number of rotatable bonds is 9. The number of benzene rings is 1. The number of halogens is 2. The molecule has 0 aromatic heterocycles. The second-order valence-electron chi connectivity index (χ2n) is 11.4. The molecule has 1 aromatic rings. The average Bonchev–Trinajstić information content (AvgIpc) is 2.76. The number of ether oxygens (including phenoxy) is 1. The van der Waals surface area contributed by atoms with Gasteiger partial charge in [-0.15, -0.1) is 0 Å². The zero-order valence-electron chi connectivity index (χ0n) is 23.3. The lowest BCUT2D eigenvalue weighted by Gasteiger charge is -2.39. The standard InChI is InChI=1S/C24H37F2N2O.C6H10O/c1-6-7-12-20(17-28-15-10-11-19(16-28)24(3,4)5)27-18(2)21-13-8-9-14-22(21)29-23(25)26;1-5(7)6-3-2-4-6/h8-9,13-14,19,23H,6-7,10-12,15-17H2,1-5H3;6H,2-4H2,1H3/q+1;. The van der Waals surface area contributed by atoms with Crippen molar-refractivity contribution >= 4 is 17.2 Å². The van der Waals surface area contributed by atoms with Gasteiger partial charge in [-0.2, -0.15) is 8.78 Å². The quantitative estimate of drug-likeness (QED) is 0.270. The lowest BCUT2D eigenvalue weighted by molar-refractivity contribution is -0.122. The Balaban J connectivity index is 0.000000558. The summed E-state index contributed by atoms with van der Waals surface area (Å²) in [5.74, 6) is 1.70. The highest BCUT2D eigenvalue weighted by molar-refractivity contribution is 6.04. The number of hydrogen-bond donors (Lipinski definition) is 0. The van der Waals surface area contributed by atoms with Crippen LogP contribution in [0, 0.1) is 17.3 Å². The number of para-hydroxylation sites is 1. The Kier molecular flexibility index (Phi) is 12.3. The number of unbranched alkanes of at least 4 members (excludes halogenated alkanes) is 1. The number of ketones is 1. The van der Waals surface area contributed by atoms with Gasteiger partial charge in [0.25, 0.3) is 5.71 Å². The summed E-state index contributed by atoms with van der Waals surface area (Å²) in [6.45, 7) is 12.9. The van der Waals surface area contributed by atoms with Crippen molar-refractivity contribution in [3.8, 4) is 5.75 Å². The van der Waals surface area contributed by atoms with Crippen LogP contribution in [0.25, 0.3) is 0 Å². The van der Waals surface area contributed by atoms with Gasteiger partial charge in [0, 0.05) is 25.8 Å². The molecular weight excluding hydrogens is 458 g/mol. The maximum atomic E-state index is 12.8. The Bertz CT molecular complexity index is 896. The molecule has 0 spiro atoms. The van der Waals surface area contributed by atoms with Crippen molar-refractivity contribution in [1.82, 2.24) is 9.57 Å². The SMILES string of the molecule is CC(=O)C1CCC1.CCCCC(CN1CCCC(C(C)(C)C)C1)=[N+]=C(C)c1ccccc1OC(F)F. The van der Waals surface area contributed by atoms with E-state index in [2.05, 4.69) is 32.6 Å². The number of alkyl halides is 2. The topological polar surface area (TPSA) is 43.6 Å². The van der Waals surface area contributed by atoms with Crippen molar-refractivity contribution in [1.29, 1.82) is 0 Å². The third-order valence-corrected chi connectivity index (χ3v) is 7.45. The maximum Gasteiger partial charge on any atom is 0.387 e. The van der Waals surface area contributed by atoms with Gasteiger partial charge in [0.2, 0.25) is 0 Å². The molecule has 1 unspecified atom stereocenters. The van der Waals surface area contributed by atoms with Crippen LogP contribution in [0.1, 0.15) is 98.5 Å². The second kappa shape index (κ2) is 14.6. The molecule has 1 aromatic carbocycles. The third kappa shape index (κ3) is 10.1. The smallest absolute Gasteiger partial charge is 0.387 e. The van der Waals surface area contributed by atoms with Crippen LogP contribution in [0.5, 0.6) is 5.75 Å². The number of carbonyl (C=O) groups excluding carboxylic acids is 1. The van der Waals surface area contributed by atoms with Crippen molar-refractivity contribution in [3.63, 3.8) is 0 Å². The van der Waals surface area contributed by atoms with Crippen molar-refractivity contribution in [2.24, 2.45) is 17.3 Å². The Hall–Kier alpha value is -2.04. The van der Waals surface area contributed by atoms with E-state index in [-0.39, 0.29) is 5.75 Å². The predicted molar refractivity (Wildman–Crippen MR) is 146 cm³/mol. The molecule has 1 aliphatic heterocycles. The Morgan fingerprint density at radius 2 is 1.83 bits per heavy atom. The van der Waals surface area contributed by atoms with E-state index in [9.17, 15) is 13.6 Å². The van der Waals surface area contributed by atoms with Crippen molar-refractivity contribution in [3.05, 3.63) is 29.8 Å². The molecule has 1 heterocycles. The summed E-state index contributed by atoms with van der Waals surface area (Å²) in [5, 5.41) is 0. The monoisotopic (exact) mass is 505 g/mol. The lowest BCUT2D eigenvalue weighted by atomic mass is 9.76. The summed E-state index contributed by atoms with van der Waals surface area (Å²) in [5.41, 5.74) is 2.81. The summed E-state index contributed by atoms with van der Waals surface area (Å²) < 4.78 is 35.1. The lowest BCUT2D eigenvalue weighted by Crippen LogP contribution is -2.43. The molecule has 3 rings (SSSR count). The molecule has 1 saturated carbocycles. The molecule has 0 amide bonds. The van der Waals surface area contributed by atoms with E-state index < -0.39 is 6.61 Å². The zero-order valence-corrected chi connectivity index (χ0v) is 23.3. The first kappa shape index (κ1) is 30.2. The third-order valence-electron chi connectivity index (χ3n) is 7.45. The minimum Gasteiger partial charge on any atom is -0.434 e. The van der Waals surface area contributed by atoms with Crippen molar-refractivity contribution in [2.75, 3.05) is 19.6 Å². The van der Waals surface area contributed by atoms with Crippen LogP contribution in [-0.2, 0) is 4.79 Å². The first-order valence-electron chi connectivity index (χ1n) is 13.7. The fourth-order valence-corrected chi connectivity index (χ4v) is 4.79. The Morgan fingerprint density at radius 1 is 1.14 bits per heavy atom. The Morgan fingerprint density at radius 3 is 2.36 bits per heavy atom. The van der Waals surface area contributed by atoms with Crippen LogP contribution in [0.4, 0.5) is 8.78 Å². The highest BCUT2D eigenvalue weighted by Gasteiger charge is 2.31. The van der Waals surface area contributed by atoms with Gasteiger partial charge in [0.05, 0.1) is 6.54 Å². The average molecular weight is 506 g/mol. The van der Waals surface area contributed by atoms with Gasteiger partial charge in [-0.3, -0.25) is 9.69 Å². The summed E-state index contributed by atoms with van der Waals surface area (Å²) >= 11 is 0. The normalized spacial score (nSPS) is 18.5. The fourth-order valence-electron chi connectivity index (χ4n) is 4.79. The molecule has 1 saturated heterocycles. The van der Waals surface area contributed by atoms with Gasteiger partial charge >= 0.3 is 12.3 Å². The van der Waals surface area contributed by atoms with E-state index in [1.165, 1.54) is 19.3 Å². The summed E-state index contributed by atoms with van der Waals surface area (Å²) in [6.07, 6.45) is 9.19. The minimum absolute atomic E-state index is 0.185. The fraction of sp³-hybridized carbons (Fsp3) is 0.700. The van der Waals surface area contributed by atoms with E-state index >= 15 is 0 Å². The van der Waals surface area contributed by atoms with Crippen LogP contribution >= 0.6 is 0 Å². The van der Waals surface area contributed by atoms with E-state index in [1.54, 1.807) is 25.1 Å². The number of piperidine rings is 1. The molecule has 1 atom stereocenters. The summed E-state index contributed by atoms with van der Waals surface area (Å²) in [4.78, 5) is 12.9. The van der Waals surface area contributed by atoms with Gasteiger partial charge in [0.15, 0.2) is 0 Å². The minimum atomic E-state index is -2.84. The molecule has 0 N–H and O–H groups in total. The number of likely N-dealkylation sites (tertiary alicyclic amines) is 1. The first-order chi connectivity index (χ1) is 17.0. The summed E-state index contributed by atoms with van der Waals surface area (Å²) in [7, 11) is 0. The second-order valence-corrected chi connectivity index (χ2v) is 11.4. The van der Waals surface area contributed by atoms with Crippen molar-refractivity contribution in [2.45, 2.75) is 99.5 Å². The van der Waals surface area contributed by atoms with Gasteiger partial charge in [-0.05, 0) is 69.0 Å². The maximum absolute atomic E-state index is 12.8. The molecule has 2 fully saturated rings. The van der Waals surface area contributed by atoms with Crippen LogP contribution in [-0.4, -0.2) is 48.4 Å². The number of hydrogen-bond acceptors (Lipinski definition) is 3. The molecular formula is C30H47F2N2O2+. The predicted octanol–water partition coefficient (Wildman–Crippen LogP) is 6.93. The highest BCUT2D eigenvalue weighted by atomic mass is 19.3. The molecule has 1 aliphatic carbocycles. The van der Waals surface area contributed by atoms with Gasteiger partial charge in [-0.1, -0.05) is 57.3 Å². The van der Waals surface area contributed by atoms with Crippen LogP contribution in [0.3, 0.4) is 0 Å². The van der Waals surface area contributed by atoms with Crippen LogP contribution < -0.4 is 9.40 Å². The van der Waals surface area contributed by atoms with Gasteiger partial charge < -0.3 is 4.74 Å². The number of nitrogens with zero attached hydrogens (tertiary/aromatic N) is 2. The van der Waals surface area contributed by atoms with E-state index in [4.69, 9.17) is 9.40 Å². The largest absolute Gasteiger partial charge is 0.434 e. The number of carbonyl (C=O) groups is 1. The summed E-state index contributed by atoms with van der Waals surface area (Å²) in [6, 6.07) is 6.91. The number of Topliss-reactive ketones (excluding diaryl/α,β-unsaturated/α-hetero) is 1. The molecule has 2 aliphatic rings. The van der Waals surface area contributed by atoms with Crippen LogP contribution in [0.15, 0.2) is 24.3 Å². The molecule has 0 radical (unpaired) electrons. The van der Waals surface area contributed by atoms with Crippen molar-refractivity contribution < 1.29 is 18.3 Å². The molecule has 36 heavy (non-hydrogen) atoms. The first-order valence-corrected chi connectivity index (χ1v) is 13.7. The van der Waals surface area contributed by atoms with Gasteiger partial charge in [0.1, 0.15) is 17.1 Å². The molecule has 0 bridgehead atoms.